The van der Waals surface area contributed by atoms with E-state index in [1.807, 2.05) is 0 Å². The molecule has 0 aromatic rings. The number of hydrogen-bond donors (Lipinski definition) is 1. The van der Waals surface area contributed by atoms with Gasteiger partial charge in [-0.1, -0.05) is 36.4 Å². The molecule has 0 aromatic heterocycles. The summed E-state index contributed by atoms with van der Waals surface area (Å²) in [6.45, 7) is 4.77. The van der Waals surface area contributed by atoms with Crippen LogP contribution < -0.4 is 5.32 Å². The molecule has 1 saturated heterocycles. The monoisotopic (exact) mass is 459 g/mol. The molecule has 8 atom stereocenters. The first-order valence-electron chi connectivity index (χ1n) is 9.83. The second-order valence-electron chi connectivity index (χ2n) is 9.39. The van der Waals surface area contributed by atoms with Gasteiger partial charge >= 0.3 is 5.97 Å². The molecule has 3 aliphatic carbocycles. The molecule has 4 nitrogen and oxygen atoms in total. The lowest BCUT2D eigenvalue weighted by Gasteiger charge is -2.60. The van der Waals surface area contributed by atoms with Crippen molar-refractivity contribution in [2.24, 2.45) is 34.5 Å². The third-order valence-electron chi connectivity index (χ3n) is 8.57. The first-order valence-corrected chi connectivity index (χ1v) is 11.1. The van der Waals surface area contributed by atoms with E-state index >= 15 is 0 Å². The predicted molar refractivity (Wildman–Crippen MR) is 104 cm³/mol. The Bertz CT molecular complexity index is 595. The fourth-order valence-electron chi connectivity index (χ4n) is 7.26. The molecule has 0 unspecified atom stereocenters. The zero-order valence-corrected chi connectivity index (χ0v) is 17.7. The Balaban J connectivity index is 1.62. The number of carbonyl (C=O) groups is 2. The minimum Gasteiger partial charge on any atom is -0.469 e. The molecule has 1 N–H and O–H groups in total. The van der Waals surface area contributed by atoms with Crippen molar-refractivity contribution in [2.45, 2.75) is 68.8 Å². The number of ether oxygens (including phenoxy) is 1. The Labute approximate surface area is 164 Å². The number of rotatable bonds is 1. The van der Waals surface area contributed by atoms with Crippen LogP contribution in [0.4, 0.5) is 0 Å². The smallest absolute Gasteiger partial charge is 0.309 e. The predicted octanol–water partition coefficient (Wildman–Crippen LogP) is 3.71. The SMILES string of the molecule is COC(=O)[C@H]1CC[C@H]2[C@@H]3CC[C@H]4NC(=O)[C@H](I)C[C@]4(C)[C@H]3CC[C@]12C. The Morgan fingerprint density at radius 3 is 2.56 bits per heavy atom. The zero-order valence-electron chi connectivity index (χ0n) is 15.5. The third kappa shape index (κ3) is 2.50. The fourth-order valence-corrected chi connectivity index (χ4v) is 8.39. The Morgan fingerprint density at radius 2 is 1.84 bits per heavy atom. The lowest BCUT2D eigenvalue weighted by molar-refractivity contribution is -0.155. The van der Waals surface area contributed by atoms with Gasteiger partial charge in [-0.15, -0.1) is 0 Å². The summed E-state index contributed by atoms with van der Waals surface area (Å²) in [4.78, 5) is 24.5. The van der Waals surface area contributed by atoms with Gasteiger partial charge in [0.25, 0.3) is 0 Å². The number of hydrogen-bond acceptors (Lipinski definition) is 3. The van der Waals surface area contributed by atoms with Crippen molar-refractivity contribution in [1.82, 2.24) is 5.32 Å². The average molecular weight is 459 g/mol. The molecule has 4 fully saturated rings. The van der Waals surface area contributed by atoms with E-state index in [-0.39, 0.29) is 32.5 Å². The largest absolute Gasteiger partial charge is 0.469 e. The van der Waals surface area contributed by atoms with Crippen LogP contribution in [0.25, 0.3) is 0 Å². The number of alkyl halides is 1. The van der Waals surface area contributed by atoms with E-state index in [0.29, 0.717) is 23.8 Å². The van der Waals surface area contributed by atoms with Crippen LogP contribution in [0.3, 0.4) is 0 Å². The zero-order chi connectivity index (χ0) is 18.0. The van der Waals surface area contributed by atoms with Crippen molar-refractivity contribution in [3.8, 4) is 0 Å². The minimum absolute atomic E-state index is 0.000559. The maximum atomic E-state index is 12.3. The highest BCUT2D eigenvalue weighted by atomic mass is 127. The van der Waals surface area contributed by atoms with Crippen molar-refractivity contribution >= 4 is 34.5 Å². The van der Waals surface area contributed by atoms with E-state index in [1.54, 1.807) is 0 Å². The van der Waals surface area contributed by atoms with Crippen molar-refractivity contribution in [3.63, 3.8) is 0 Å². The van der Waals surface area contributed by atoms with Crippen LogP contribution in [0.5, 0.6) is 0 Å². The van der Waals surface area contributed by atoms with Gasteiger partial charge in [-0.3, -0.25) is 9.59 Å². The van der Waals surface area contributed by atoms with Gasteiger partial charge in [0.05, 0.1) is 17.0 Å². The van der Waals surface area contributed by atoms with Crippen LogP contribution in [-0.4, -0.2) is 29.0 Å². The number of halogens is 1. The normalized spacial score (nSPS) is 51.8. The van der Waals surface area contributed by atoms with Gasteiger partial charge in [0.2, 0.25) is 5.91 Å². The topological polar surface area (TPSA) is 55.4 Å². The molecule has 3 saturated carbocycles. The van der Waals surface area contributed by atoms with Gasteiger partial charge in [-0.05, 0) is 73.5 Å². The van der Waals surface area contributed by atoms with Crippen LogP contribution >= 0.6 is 22.6 Å². The van der Waals surface area contributed by atoms with Crippen molar-refractivity contribution < 1.29 is 14.3 Å². The number of amides is 1. The maximum Gasteiger partial charge on any atom is 0.309 e. The van der Waals surface area contributed by atoms with E-state index in [9.17, 15) is 9.59 Å². The second kappa shape index (κ2) is 6.10. The number of esters is 1. The quantitative estimate of drug-likeness (QED) is 0.370. The maximum absolute atomic E-state index is 12.3. The molecule has 1 amide bonds. The van der Waals surface area contributed by atoms with Gasteiger partial charge < -0.3 is 10.1 Å². The van der Waals surface area contributed by atoms with Gasteiger partial charge in [0.1, 0.15) is 0 Å². The summed E-state index contributed by atoms with van der Waals surface area (Å²) >= 11 is 2.32. The van der Waals surface area contributed by atoms with Crippen LogP contribution in [0, 0.1) is 34.5 Å². The Kier molecular flexibility index (Phi) is 4.40. The lowest BCUT2D eigenvalue weighted by Crippen LogP contribution is -2.63. The standard InChI is InChI=1S/C20H30INO3/c1-19-9-8-13-11(12(19)5-6-14(19)18(24)25-3)4-7-16-20(13,2)10-15(21)17(23)22-16/h11-16H,4-10H2,1-3H3,(H,22,23)/t11-,12-,13-,14+,15+,16+,19-,20+/m0/s1. The van der Waals surface area contributed by atoms with Crippen LogP contribution in [0.15, 0.2) is 0 Å². The number of carbonyl (C=O) groups excluding carboxylic acids is 2. The first-order chi connectivity index (χ1) is 11.8. The van der Waals surface area contributed by atoms with E-state index in [0.717, 1.165) is 32.1 Å². The number of fused-ring (bicyclic) bond motifs is 5. The molecule has 0 aromatic carbocycles. The summed E-state index contributed by atoms with van der Waals surface area (Å²) in [5.74, 6) is 2.33. The fraction of sp³-hybridized carbons (Fsp3) is 0.900. The minimum atomic E-state index is 0.000559. The van der Waals surface area contributed by atoms with Gasteiger partial charge in [0, 0.05) is 6.04 Å². The molecule has 0 bridgehead atoms. The molecule has 5 heteroatoms. The number of methoxy groups -OCH3 is 1. The van der Waals surface area contributed by atoms with Crippen LogP contribution in [0.1, 0.15) is 58.8 Å². The van der Waals surface area contributed by atoms with Crippen LogP contribution in [-0.2, 0) is 14.3 Å². The highest BCUT2D eigenvalue weighted by Gasteiger charge is 2.62. The summed E-state index contributed by atoms with van der Waals surface area (Å²) in [5, 5.41) is 3.33. The van der Waals surface area contributed by atoms with Crippen LogP contribution in [0.2, 0.25) is 0 Å². The average Bonchev–Trinajstić information content (AvgIpc) is 2.93. The Morgan fingerprint density at radius 1 is 1.12 bits per heavy atom. The summed E-state index contributed by atoms with van der Waals surface area (Å²) in [5.41, 5.74) is 0.326. The summed E-state index contributed by atoms with van der Waals surface area (Å²) in [6, 6.07) is 0.342. The highest BCUT2D eigenvalue weighted by Crippen LogP contribution is 2.65. The van der Waals surface area contributed by atoms with Crippen molar-refractivity contribution in [1.29, 1.82) is 0 Å². The third-order valence-corrected chi connectivity index (χ3v) is 9.58. The molecular formula is C20H30INO3. The summed E-state index contributed by atoms with van der Waals surface area (Å²) < 4.78 is 5.22. The van der Waals surface area contributed by atoms with E-state index in [2.05, 4.69) is 41.8 Å². The molecule has 0 radical (unpaired) electrons. The number of piperidine rings is 1. The number of nitrogens with one attached hydrogen (secondary N) is 1. The summed E-state index contributed by atoms with van der Waals surface area (Å²) in [6.07, 6.45) is 7.78. The van der Waals surface area contributed by atoms with E-state index < -0.39 is 0 Å². The first kappa shape index (κ1) is 18.1. The van der Waals surface area contributed by atoms with Gasteiger partial charge in [-0.25, -0.2) is 0 Å². The molecule has 4 aliphatic rings. The lowest BCUT2D eigenvalue weighted by atomic mass is 9.47. The van der Waals surface area contributed by atoms with Crippen molar-refractivity contribution in [3.05, 3.63) is 0 Å². The van der Waals surface area contributed by atoms with Gasteiger partial charge in [-0.2, -0.15) is 0 Å². The molecule has 1 heterocycles. The van der Waals surface area contributed by atoms with E-state index in [1.165, 1.54) is 20.0 Å². The molecule has 0 spiro atoms. The highest BCUT2D eigenvalue weighted by molar-refractivity contribution is 14.1. The molecular weight excluding hydrogens is 429 g/mol. The summed E-state index contributed by atoms with van der Waals surface area (Å²) in [7, 11) is 1.53. The molecule has 4 rings (SSSR count). The molecule has 1 aliphatic heterocycles. The second-order valence-corrected chi connectivity index (χ2v) is 10.9. The molecule has 25 heavy (non-hydrogen) atoms. The molecule has 140 valence electrons. The van der Waals surface area contributed by atoms with Crippen molar-refractivity contribution in [2.75, 3.05) is 7.11 Å². The van der Waals surface area contributed by atoms with E-state index in [4.69, 9.17) is 4.74 Å². The van der Waals surface area contributed by atoms with Gasteiger partial charge in [0.15, 0.2) is 0 Å². The Hall–Kier alpha value is -0.330.